The van der Waals surface area contributed by atoms with Crippen LogP contribution in [0.25, 0.3) is 0 Å². The summed E-state index contributed by atoms with van der Waals surface area (Å²) in [5.74, 6) is 0.620. The van der Waals surface area contributed by atoms with Crippen molar-refractivity contribution in [2.75, 3.05) is 5.75 Å². The summed E-state index contributed by atoms with van der Waals surface area (Å²) in [6.45, 7) is 5.60. The highest BCUT2D eigenvalue weighted by molar-refractivity contribution is 8.02. The molecule has 0 N–H and O–H groups in total. The Kier molecular flexibility index (Phi) is 3.20. The summed E-state index contributed by atoms with van der Waals surface area (Å²) in [4.78, 5) is 11.5. The number of rotatable bonds is 1. The van der Waals surface area contributed by atoms with Crippen LogP contribution in [0.4, 0.5) is 0 Å². The van der Waals surface area contributed by atoms with E-state index in [1.165, 1.54) is 0 Å². The van der Waals surface area contributed by atoms with Crippen molar-refractivity contribution >= 4 is 17.7 Å². The minimum atomic E-state index is -0.406. The summed E-state index contributed by atoms with van der Waals surface area (Å²) in [6.07, 6.45) is 3.68. The molecule has 1 rings (SSSR count). The maximum atomic E-state index is 11.5. The van der Waals surface area contributed by atoms with E-state index in [2.05, 4.69) is 0 Å². The maximum Gasteiger partial charge on any atom is 0.338 e. The molecule has 0 atom stereocenters. The van der Waals surface area contributed by atoms with Crippen molar-refractivity contribution in [2.24, 2.45) is 0 Å². The van der Waals surface area contributed by atoms with E-state index in [-0.39, 0.29) is 5.97 Å². The Balaban J connectivity index is 2.58. The third kappa shape index (κ3) is 3.68. The highest BCUT2D eigenvalue weighted by Crippen LogP contribution is 2.17. The van der Waals surface area contributed by atoms with Gasteiger partial charge in [-0.05, 0) is 32.3 Å². The molecule has 1 aliphatic rings. The number of hydrogen-bond donors (Lipinski definition) is 0. The van der Waals surface area contributed by atoms with Gasteiger partial charge in [0.05, 0.1) is 5.57 Å². The molecule has 0 amide bonds. The van der Waals surface area contributed by atoms with E-state index in [0.29, 0.717) is 5.57 Å². The van der Waals surface area contributed by atoms with Crippen LogP contribution in [0, 0.1) is 0 Å². The van der Waals surface area contributed by atoms with E-state index in [1.807, 2.05) is 32.3 Å². The predicted octanol–water partition coefficient (Wildman–Crippen LogP) is 2.52. The molecule has 1 aliphatic heterocycles. The van der Waals surface area contributed by atoms with Gasteiger partial charge in [0.25, 0.3) is 0 Å². The molecule has 0 unspecified atom stereocenters. The second-order valence-electron chi connectivity index (χ2n) is 3.80. The summed E-state index contributed by atoms with van der Waals surface area (Å²) in [7, 11) is 0. The van der Waals surface area contributed by atoms with Gasteiger partial charge in [-0.1, -0.05) is 6.08 Å². The van der Waals surface area contributed by atoms with E-state index in [4.69, 9.17) is 4.74 Å². The zero-order chi connectivity index (χ0) is 9.90. The summed E-state index contributed by atoms with van der Waals surface area (Å²) < 4.78 is 5.21. The molecule has 0 spiro atoms. The molecule has 0 aromatic heterocycles. The number of carbonyl (C=O) groups excluding carboxylic acids is 1. The molecule has 0 saturated carbocycles. The zero-order valence-corrected chi connectivity index (χ0v) is 8.98. The first-order valence-corrected chi connectivity index (χ1v) is 5.25. The zero-order valence-electron chi connectivity index (χ0n) is 8.16. The number of hydrogen-bond acceptors (Lipinski definition) is 3. The van der Waals surface area contributed by atoms with Crippen molar-refractivity contribution in [2.45, 2.75) is 26.4 Å². The minimum Gasteiger partial charge on any atom is -0.456 e. The number of ether oxygens (including phenoxy) is 1. The SMILES string of the molecule is CC(C)(C)OC(=O)C1=CCSC=C1. The highest BCUT2D eigenvalue weighted by Gasteiger charge is 2.18. The van der Waals surface area contributed by atoms with Gasteiger partial charge in [-0.25, -0.2) is 4.79 Å². The Labute approximate surface area is 83.0 Å². The molecule has 0 saturated heterocycles. The summed E-state index contributed by atoms with van der Waals surface area (Å²) in [5.41, 5.74) is 0.254. The Morgan fingerprint density at radius 3 is 2.69 bits per heavy atom. The lowest BCUT2D eigenvalue weighted by Crippen LogP contribution is -2.24. The molecule has 2 nitrogen and oxygen atoms in total. The fraction of sp³-hybridized carbons (Fsp3) is 0.500. The van der Waals surface area contributed by atoms with Gasteiger partial charge >= 0.3 is 5.97 Å². The highest BCUT2D eigenvalue weighted by atomic mass is 32.2. The van der Waals surface area contributed by atoms with Crippen LogP contribution >= 0.6 is 11.8 Å². The number of esters is 1. The van der Waals surface area contributed by atoms with Crippen molar-refractivity contribution in [3.05, 3.63) is 23.1 Å². The van der Waals surface area contributed by atoms with E-state index in [9.17, 15) is 4.79 Å². The molecular weight excluding hydrogens is 184 g/mol. The molecule has 0 radical (unpaired) electrons. The first-order chi connectivity index (χ1) is 5.99. The molecule has 0 bridgehead atoms. The van der Waals surface area contributed by atoms with Crippen molar-refractivity contribution < 1.29 is 9.53 Å². The van der Waals surface area contributed by atoms with Crippen molar-refractivity contribution in [1.29, 1.82) is 0 Å². The van der Waals surface area contributed by atoms with Crippen LogP contribution in [0.15, 0.2) is 23.1 Å². The molecule has 1 heterocycles. The van der Waals surface area contributed by atoms with Gasteiger partial charge < -0.3 is 4.74 Å². The van der Waals surface area contributed by atoms with E-state index >= 15 is 0 Å². The average molecular weight is 198 g/mol. The topological polar surface area (TPSA) is 26.3 Å². The lowest BCUT2D eigenvalue weighted by Gasteiger charge is -2.20. The monoisotopic (exact) mass is 198 g/mol. The third-order valence-electron chi connectivity index (χ3n) is 1.38. The first-order valence-electron chi connectivity index (χ1n) is 4.21. The molecular formula is C10H14O2S. The lowest BCUT2D eigenvalue weighted by molar-refractivity contribution is -0.149. The number of carbonyl (C=O) groups is 1. The maximum absolute atomic E-state index is 11.5. The minimum absolute atomic E-state index is 0.232. The predicted molar refractivity (Wildman–Crippen MR) is 55.5 cm³/mol. The molecule has 0 aromatic carbocycles. The van der Waals surface area contributed by atoms with Crippen LogP contribution in [0.1, 0.15) is 20.8 Å². The third-order valence-corrected chi connectivity index (χ3v) is 2.07. The van der Waals surface area contributed by atoms with E-state index < -0.39 is 5.60 Å². The van der Waals surface area contributed by atoms with Gasteiger partial charge in [0.15, 0.2) is 0 Å². The first kappa shape index (κ1) is 10.4. The lowest BCUT2D eigenvalue weighted by atomic mass is 10.2. The second kappa shape index (κ2) is 4.01. The Morgan fingerprint density at radius 2 is 2.23 bits per heavy atom. The standard InChI is InChI=1S/C10H14O2S/c1-10(2,3)12-9(11)8-4-6-13-7-5-8/h4-6H,7H2,1-3H3. The second-order valence-corrected chi connectivity index (χ2v) is 4.74. The van der Waals surface area contributed by atoms with Crippen LogP contribution in [0.2, 0.25) is 0 Å². The van der Waals surface area contributed by atoms with E-state index in [1.54, 1.807) is 17.8 Å². The van der Waals surface area contributed by atoms with Crippen LogP contribution in [-0.2, 0) is 9.53 Å². The normalized spacial score (nSPS) is 16.7. The Bertz CT molecular complexity index is 259. The van der Waals surface area contributed by atoms with Crippen LogP contribution in [0.3, 0.4) is 0 Å². The van der Waals surface area contributed by atoms with Gasteiger partial charge in [0.2, 0.25) is 0 Å². The van der Waals surface area contributed by atoms with Gasteiger partial charge in [-0.2, -0.15) is 0 Å². The molecule has 0 fully saturated rings. The summed E-state index contributed by atoms with van der Waals surface area (Å²) in [6, 6.07) is 0. The Hall–Kier alpha value is -0.700. The van der Waals surface area contributed by atoms with Crippen LogP contribution < -0.4 is 0 Å². The van der Waals surface area contributed by atoms with E-state index in [0.717, 1.165) is 5.75 Å². The largest absolute Gasteiger partial charge is 0.456 e. The molecule has 72 valence electrons. The average Bonchev–Trinajstić information content (AvgIpc) is 2.03. The van der Waals surface area contributed by atoms with Gasteiger partial charge in [0, 0.05) is 5.75 Å². The smallest absolute Gasteiger partial charge is 0.338 e. The quantitative estimate of drug-likeness (QED) is 0.606. The molecule has 0 aromatic rings. The number of thioether (sulfide) groups is 1. The molecule has 0 aliphatic carbocycles. The summed E-state index contributed by atoms with van der Waals surface area (Å²) >= 11 is 1.67. The van der Waals surface area contributed by atoms with Crippen molar-refractivity contribution in [3.8, 4) is 0 Å². The van der Waals surface area contributed by atoms with Gasteiger partial charge in [-0.3, -0.25) is 0 Å². The molecule has 3 heteroatoms. The fourth-order valence-corrected chi connectivity index (χ4v) is 1.50. The Morgan fingerprint density at radius 1 is 1.54 bits per heavy atom. The van der Waals surface area contributed by atoms with Crippen LogP contribution in [0.5, 0.6) is 0 Å². The summed E-state index contributed by atoms with van der Waals surface area (Å²) in [5, 5.41) is 1.92. The van der Waals surface area contributed by atoms with Crippen LogP contribution in [-0.4, -0.2) is 17.3 Å². The van der Waals surface area contributed by atoms with Gasteiger partial charge in [0.1, 0.15) is 5.60 Å². The van der Waals surface area contributed by atoms with Crippen molar-refractivity contribution in [3.63, 3.8) is 0 Å². The molecule has 13 heavy (non-hydrogen) atoms. The van der Waals surface area contributed by atoms with Gasteiger partial charge in [-0.15, -0.1) is 11.8 Å². The van der Waals surface area contributed by atoms with Crippen molar-refractivity contribution in [1.82, 2.24) is 0 Å². The fourth-order valence-electron chi connectivity index (χ4n) is 0.871.